The van der Waals surface area contributed by atoms with Gasteiger partial charge in [-0.2, -0.15) is 0 Å². The number of rotatable bonds is 5. The smallest absolute Gasteiger partial charge is 0.118 e. The molecule has 0 aliphatic heterocycles. The van der Waals surface area contributed by atoms with Crippen molar-refractivity contribution < 1.29 is 4.74 Å². The van der Waals surface area contributed by atoms with Crippen LogP contribution < -0.4 is 10.1 Å². The Labute approximate surface area is 115 Å². The summed E-state index contributed by atoms with van der Waals surface area (Å²) in [6, 6.07) is 17.2. The molecule has 1 N–H and O–H groups in total. The number of methoxy groups -OCH3 is 1. The summed E-state index contributed by atoms with van der Waals surface area (Å²) in [5.74, 6) is 0.892. The van der Waals surface area contributed by atoms with Crippen molar-refractivity contribution in [2.75, 3.05) is 13.7 Å². The van der Waals surface area contributed by atoms with E-state index in [0.29, 0.717) is 0 Å². The highest BCUT2D eigenvalue weighted by Gasteiger charge is 2.12. The van der Waals surface area contributed by atoms with E-state index in [9.17, 15) is 0 Å². The van der Waals surface area contributed by atoms with Gasteiger partial charge in [-0.15, -0.1) is 0 Å². The molecule has 2 aromatic carbocycles. The molecule has 0 aromatic heterocycles. The van der Waals surface area contributed by atoms with Crippen LogP contribution in [-0.2, 0) is 0 Å². The Balaban J connectivity index is 2.30. The maximum Gasteiger partial charge on any atom is 0.118 e. The average Bonchev–Trinajstić information content (AvgIpc) is 2.46. The lowest BCUT2D eigenvalue weighted by Crippen LogP contribution is -2.21. The zero-order valence-electron chi connectivity index (χ0n) is 11.8. The van der Waals surface area contributed by atoms with Crippen LogP contribution in [-0.4, -0.2) is 13.7 Å². The first kappa shape index (κ1) is 13.6. The van der Waals surface area contributed by atoms with Gasteiger partial charge in [-0.1, -0.05) is 48.9 Å². The van der Waals surface area contributed by atoms with Crippen LogP contribution >= 0.6 is 0 Å². The molecule has 0 radical (unpaired) electrons. The molecule has 0 heterocycles. The Morgan fingerprint density at radius 2 is 1.47 bits per heavy atom. The molecule has 0 saturated carbocycles. The minimum absolute atomic E-state index is 0.233. The topological polar surface area (TPSA) is 21.3 Å². The monoisotopic (exact) mass is 255 g/mol. The van der Waals surface area contributed by atoms with E-state index >= 15 is 0 Å². The van der Waals surface area contributed by atoms with Crippen LogP contribution in [0.1, 0.15) is 29.7 Å². The number of hydrogen-bond donors (Lipinski definition) is 1. The number of hydrogen-bond acceptors (Lipinski definition) is 2. The lowest BCUT2D eigenvalue weighted by molar-refractivity contribution is 0.414. The number of benzene rings is 2. The quantitative estimate of drug-likeness (QED) is 0.879. The highest BCUT2D eigenvalue weighted by molar-refractivity contribution is 5.36. The Kier molecular flexibility index (Phi) is 4.58. The van der Waals surface area contributed by atoms with E-state index < -0.39 is 0 Å². The molecule has 2 aromatic rings. The van der Waals surface area contributed by atoms with Gasteiger partial charge in [0.15, 0.2) is 0 Å². The van der Waals surface area contributed by atoms with Crippen molar-refractivity contribution in [2.45, 2.75) is 19.9 Å². The van der Waals surface area contributed by atoms with Gasteiger partial charge in [0.25, 0.3) is 0 Å². The van der Waals surface area contributed by atoms with Crippen molar-refractivity contribution in [1.82, 2.24) is 5.32 Å². The summed E-state index contributed by atoms with van der Waals surface area (Å²) >= 11 is 0. The van der Waals surface area contributed by atoms with E-state index in [0.717, 1.165) is 12.3 Å². The van der Waals surface area contributed by atoms with Gasteiger partial charge in [-0.05, 0) is 36.7 Å². The summed E-state index contributed by atoms with van der Waals surface area (Å²) in [5, 5.41) is 3.53. The molecule has 2 heteroatoms. The van der Waals surface area contributed by atoms with Crippen LogP contribution in [0.2, 0.25) is 0 Å². The SMILES string of the molecule is CCNC(c1ccc(C)cc1)c1ccc(OC)cc1. The van der Waals surface area contributed by atoms with Crippen molar-refractivity contribution in [3.8, 4) is 5.75 Å². The lowest BCUT2D eigenvalue weighted by Gasteiger charge is -2.19. The van der Waals surface area contributed by atoms with Gasteiger partial charge in [0, 0.05) is 0 Å². The molecule has 100 valence electrons. The summed E-state index contributed by atoms with van der Waals surface area (Å²) in [5.41, 5.74) is 3.83. The zero-order valence-corrected chi connectivity index (χ0v) is 11.8. The summed E-state index contributed by atoms with van der Waals surface area (Å²) in [6.45, 7) is 5.18. The molecule has 0 fully saturated rings. The number of aryl methyl sites for hydroxylation is 1. The molecule has 0 bridgehead atoms. The van der Waals surface area contributed by atoms with E-state index in [4.69, 9.17) is 4.74 Å². The fourth-order valence-corrected chi connectivity index (χ4v) is 2.19. The van der Waals surface area contributed by atoms with Crippen LogP contribution in [0.25, 0.3) is 0 Å². The number of nitrogens with one attached hydrogen (secondary N) is 1. The van der Waals surface area contributed by atoms with Gasteiger partial charge in [-0.25, -0.2) is 0 Å². The molecule has 2 rings (SSSR count). The largest absolute Gasteiger partial charge is 0.497 e. The second-order valence-corrected chi connectivity index (χ2v) is 4.67. The van der Waals surface area contributed by atoms with Gasteiger partial charge in [0.2, 0.25) is 0 Å². The molecule has 0 aliphatic rings. The first-order valence-electron chi connectivity index (χ1n) is 6.68. The predicted octanol–water partition coefficient (Wildman–Crippen LogP) is 3.70. The highest BCUT2D eigenvalue weighted by atomic mass is 16.5. The predicted molar refractivity (Wildman–Crippen MR) is 79.7 cm³/mol. The van der Waals surface area contributed by atoms with Crippen LogP contribution in [0.4, 0.5) is 0 Å². The van der Waals surface area contributed by atoms with Crippen LogP contribution in [0.3, 0.4) is 0 Å². The fourth-order valence-electron chi connectivity index (χ4n) is 2.19. The second kappa shape index (κ2) is 6.39. The maximum atomic E-state index is 5.21. The van der Waals surface area contributed by atoms with Crippen LogP contribution in [0.5, 0.6) is 5.75 Å². The van der Waals surface area contributed by atoms with Gasteiger partial charge in [0.05, 0.1) is 13.2 Å². The summed E-state index contributed by atoms with van der Waals surface area (Å²) in [4.78, 5) is 0. The Morgan fingerprint density at radius 1 is 0.947 bits per heavy atom. The minimum Gasteiger partial charge on any atom is -0.497 e. The highest BCUT2D eigenvalue weighted by Crippen LogP contribution is 2.24. The van der Waals surface area contributed by atoms with Gasteiger partial charge in [-0.3, -0.25) is 0 Å². The third-order valence-corrected chi connectivity index (χ3v) is 3.27. The van der Waals surface area contributed by atoms with E-state index in [-0.39, 0.29) is 6.04 Å². The normalized spacial score (nSPS) is 12.2. The van der Waals surface area contributed by atoms with E-state index in [2.05, 4.69) is 55.6 Å². The average molecular weight is 255 g/mol. The van der Waals surface area contributed by atoms with Gasteiger partial charge < -0.3 is 10.1 Å². The first-order valence-corrected chi connectivity index (χ1v) is 6.68. The Morgan fingerprint density at radius 3 is 1.95 bits per heavy atom. The lowest BCUT2D eigenvalue weighted by atomic mass is 9.98. The summed E-state index contributed by atoms with van der Waals surface area (Å²) in [6.07, 6.45) is 0. The van der Waals surface area contributed by atoms with Crippen LogP contribution in [0.15, 0.2) is 48.5 Å². The molecule has 2 nitrogen and oxygen atoms in total. The van der Waals surface area contributed by atoms with Crippen LogP contribution in [0, 0.1) is 6.92 Å². The molecule has 1 unspecified atom stereocenters. The Bertz CT molecular complexity index is 502. The summed E-state index contributed by atoms with van der Waals surface area (Å²) < 4.78 is 5.21. The molecule has 0 amide bonds. The zero-order chi connectivity index (χ0) is 13.7. The maximum absolute atomic E-state index is 5.21. The van der Waals surface area contributed by atoms with E-state index in [1.165, 1.54) is 16.7 Å². The second-order valence-electron chi connectivity index (χ2n) is 4.67. The number of ether oxygens (including phenoxy) is 1. The van der Waals surface area contributed by atoms with E-state index in [1.807, 2.05) is 12.1 Å². The summed E-state index contributed by atoms with van der Waals surface area (Å²) in [7, 11) is 1.69. The van der Waals surface area contributed by atoms with Crippen molar-refractivity contribution in [3.63, 3.8) is 0 Å². The molecule has 19 heavy (non-hydrogen) atoms. The van der Waals surface area contributed by atoms with E-state index in [1.54, 1.807) is 7.11 Å². The molecule has 1 atom stereocenters. The molecular weight excluding hydrogens is 234 g/mol. The third kappa shape index (κ3) is 3.36. The van der Waals surface area contributed by atoms with Crippen molar-refractivity contribution >= 4 is 0 Å². The minimum atomic E-state index is 0.233. The standard InChI is InChI=1S/C17H21NO/c1-4-18-17(14-7-5-13(2)6-8-14)15-9-11-16(19-3)12-10-15/h5-12,17-18H,4H2,1-3H3. The van der Waals surface area contributed by atoms with Crippen molar-refractivity contribution in [1.29, 1.82) is 0 Å². The van der Waals surface area contributed by atoms with Gasteiger partial charge >= 0.3 is 0 Å². The van der Waals surface area contributed by atoms with Crippen molar-refractivity contribution in [2.24, 2.45) is 0 Å². The first-order chi connectivity index (χ1) is 9.24. The third-order valence-electron chi connectivity index (χ3n) is 3.27. The molecule has 0 saturated heterocycles. The van der Waals surface area contributed by atoms with Gasteiger partial charge in [0.1, 0.15) is 5.75 Å². The molecular formula is C17H21NO. The van der Waals surface area contributed by atoms with Crippen molar-refractivity contribution in [3.05, 3.63) is 65.2 Å². The Hall–Kier alpha value is -1.80. The molecule has 0 spiro atoms. The fraction of sp³-hybridized carbons (Fsp3) is 0.294. The molecule has 0 aliphatic carbocycles.